The lowest BCUT2D eigenvalue weighted by Crippen LogP contribution is -2.12. The Balaban J connectivity index is 1.53. The van der Waals surface area contributed by atoms with Crippen LogP contribution in [0, 0.1) is 0 Å². The van der Waals surface area contributed by atoms with Gasteiger partial charge in [-0.05, 0) is 34.5 Å². The van der Waals surface area contributed by atoms with Crippen LogP contribution in [0.1, 0.15) is 20.9 Å². The van der Waals surface area contributed by atoms with Crippen molar-refractivity contribution in [2.45, 2.75) is 6.42 Å². The molecule has 1 N–H and O–H groups in total. The number of rotatable bonds is 4. The van der Waals surface area contributed by atoms with Crippen molar-refractivity contribution in [3.8, 4) is 0 Å². The van der Waals surface area contributed by atoms with Crippen LogP contribution in [-0.4, -0.2) is 16.1 Å². The van der Waals surface area contributed by atoms with Crippen molar-refractivity contribution in [1.82, 2.24) is 10.2 Å². The van der Waals surface area contributed by atoms with Crippen LogP contribution in [0.15, 0.2) is 60.7 Å². The topological polar surface area (TPSA) is 54.9 Å². The molecule has 0 spiro atoms. The molecule has 0 saturated carbocycles. The van der Waals surface area contributed by atoms with Crippen LogP contribution in [0.2, 0.25) is 10.0 Å². The maximum absolute atomic E-state index is 12.7. The van der Waals surface area contributed by atoms with E-state index in [0.29, 0.717) is 27.2 Å². The van der Waals surface area contributed by atoms with E-state index in [1.165, 1.54) is 11.3 Å². The third-order valence-electron chi connectivity index (χ3n) is 4.08. The fraction of sp³-hybridized carbons (Fsp3) is 0.0500. The molecule has 0 radical (unpaired) electrons. The normalized spacial score (nSPS) is 10.9. The molecule has 0 aliphatic carbocycles. The summed E-state index contributed by atoms with van der Waals surface area (Å²) < 4.78 is 0. The van der Waals surface area contributed by atoms with E-state index in [1.807, 2.05) is 42.5 Å². The zero-order valence-corrected chi connectivity index (χ0v) is 16.3. The number of benzene rings is 3. The third-order valence-corrected chi connectivity index (χ3v) is 5.50. The standard InChI is InChI=1S/C20H13Cl2N3OS/c21-14-9-8-13(17(22)11-14)10-18-24-25-20(27-18)23-19(26)16-7-3-5-12-4-1-2-6-15(12)16/h1-9,11H,10H2,(H,23,25,26). The van der Waals surface area contributed by atoms with Crippen molar-refractivity contribution < 1.29 is 4.79 Å². The van der Waals surface area contributed by atoms with Gasteiger partial charge >= 0.3 is 0 Å². The molecule has 0 aliphatic heterocycles. The number of fused-ring (bicyclic) bond motifs is 1. The first-order chi connectivity index (χ1) is 13.1. The van der Waals surface area contributed by atoms with Gasteiger partial charge in [0, 0.05) is 22.0 Å². The Labute approximate surface area is 169 Å². The number of carbonyl (C=O) groups excluding carboxylic acids is 1. The van der Waals surface area contributed by atoms with E-state index in [1.54, 1.807) is 18.2 Å². The van der Waals surface area contributed by atoms with E-state index in [-0.39, 0.29) is 5.91 Å². The molecule has 0 atom stereocenters. The van der Waals surface area contributed by atoms with Crippen LogP contribution in [0.3, 0.4) is 0 Å². The van der Waals surface area contributed by atoms with Gasteiger partial charge in [0.1, 0.15) is 5.01 Å². The highest BCUT2D eigenvalue weighted by Crippen LogP contribution is 2.26. The first-order valence-electron chi connectivity index (χ1n) is 8.15. The molecule has 1 aromatic heterocycles. The summed E-state index contributed by atoms with van der Waals surface area (Å²) in [5.74, 6) is -0.209. The molecule has 4 aromatic rings. The van der Waals surface area contributed by atoms with Crippen molar-refractivity contribution in [1.29, 1.82) is 0 Å². The average Bonchev–Trinajstić information content (AvgIpc) is 3.10. The smallest absolute Gasteiger partial charge is 0.258 e. The van der Waals surface area contributed by atoms with Crippen molar-refractivity contribution >= 4 is 56.3 Å². The van der Waals surface area contributed by atoms with Crippen LogP contribution in [-0.2, 0) is 6.42 Å². The van der Waals surface area contributed by atoms with Crippen LogP contribution in [0.5, 0.6) is 0 Å². The Morgan fingerprint density at radius 3 is 2.67 bits per heavy atom. The first kappa shape index (κ1) is 17.9. The van der Waals surface area contributed by atoms with E-state index in [0.717, 1.165) is 21.3 Å². The summed E-state index contributed by atoms with van der Waals surface area (Å²) in [6.45, 7) is 0. The summed E-state index contributed by atoms with van der Waals surface area (Å²) >= 11 is 13.5. The van der Waals surface area contributed by atoms with E-state index >= 15 is 0 Å². The molecule has 1 heterocycles. The van der Waals surface area contributed by atoms with Gasteiger partial charge in [0.15, 0.2) is 0 Å². The lowest BCUT2D eigenvalue weighted by Gasteiger charge is -2.05. The Bertz CT molecular complexity index is 1140. The molecule has 0 saturated heterocycles. The minimum atomic E-state index is -0.209. The number of amides is 1. The van der Waals surface area contributed by atoms with Gasteiger partial charge in [-0.3, -0.25) is 10.1 Å². The second-order valence-corrected chi connectivity index (χ2v) is 7.80. The number of halogens is 2. The summed E-state index contributed by atoms with van der Waals surface area (Å²) in [7, 11) is 0. The molecule has 0 aliphatic rings. The van der Waals surface area contributed by atoms with Gasteiger partial charge in [-0.15, -0.1) is 10.2 Å². The number of anilines is 1. The molecule has 7 heteroatoms. The number of hydrogen-bond donors (Lipinski definition) is 1. The highest BCUT2D eigenvalue weighted by molar-refractivity contribution is 7.15. The molecule has 134 valence electrons. The van der Waals surface area contributed by atoms with Gasteiger partial charge in [-0.25, -0.2) is 0 Å². The summed E-state index contributed by atoms with van der Waals surface area (Å²) in [6.07, 6.45) is 0.526. The molecule has 27 heavy (non-hydrogen) atoms. The zero-order valence-electron chi connectivity index (χ0n) is 13.9. The maximum atomic E-state index is 12.7. The molecule has 4 rings (SSSR count). The van der Waals surface area contributed by atoms with Crippen molar-refractivity contribution in [3.63, 3.8) is 0 Å². The Morgan fingerprint density at radius 2 is 1.81 bits per heavy atom. The number of carbonyl (C=O) groups is 1. The van der Waals surface area contributed by atoms with E-state index in [4.69, 9.17) is 23.2 Å². The van der Waals surface area contributed by atoms with Crippen LogP contribution >= 0.6 is 34.5 Å². The first-order valence-corrected chi connectivity index (χ1v) is 9.73. The minimum Gasteiger partial charge on any atom is -0.296 e. The summed E-state index contributed by atoms with van der Waals surface area (Å²) in [5.41, 5.74) is 1.51. The number of nitrogens with zero attached hydrogens (tertiary/aromatic N) is 2. The van der Waals surface area contributed by atoms with Gasteiger partial charge in [0.05, 0.1) is 0 Å². The highest BCUT2D eigenvalue weighted by Gasteiger charge is 2.13. The second kappa shape index (κ2) is 7.64. The summed E-state index contributed by atoms with van der Waals surface area (Å²) in [4.78, 5) is 12.7. The molecule has 0 fully saturated rings. The molecule has 3 aromatic carbocycles. The predicted octanol–water partition coefficient (Wildman–Crippen LogP) is 5.84. The SMILES string of the molecule is O=C(Nc1nnc(Cc2ccc(Cl)cc2Cl)s1)c1cccc2ccccc12. The van der Waals surface area contributed by atoms with Gasteiger partial charge in [-0.2, -0.15) is 0 Å². The Kier molecular flexibility index (Phi) is 5.07. The third kappa shape index (κ3) is 3.95. The molecule has 0 bridgehead atoms. The quantitative estimate of drug-likeness (QED) is 0.456. The van der Waals surface area contributed by atoms with Gasteiger partial charge in [-0.1, -0.05) is 77.0 Å². The average molecular weight is 414 g/mol. The van der Waals surface area contributed by atoms with Crippen LogP contribution in [0.25, 0.3) is 10.8 Å². The van der Waals surface area contributed by atoms with Crippen molar-refractivity contribution in [2.24, 2.45) is 0 Å². The van der Waals surface area contributed by atoms with Crippen molar-refractivity contribution in [3.05, 3.63) is 86.8 Å². The molecular formula is C20H13Cl2N3OS. The van der Waals surface area contributed by atoms with E-state index in [2.05, 4.69) is 15.5 Å². The molecule has 4 nitrogen and oxygen atoms in total. The zero-order chi connectivity index (χ0) is 18.8. The summed E-state index contributed by atoms with van der Waals surface area (Å²) in [6, 6.07) is 18.8. The number of aromatic nitrogens is 2. The van der Waals surface area contributed by atoms with E-state index in [9.17, 15) is 4.79 Å². The predicted molar refractivity (Wildman–Crippen MR) is 111 cm³/mol. The van der Waals surface area contributed by atoms with E-state index < -0.39 is 0 Å². The minimum absolute atomic E-state index is 0.209. The fourth-order valence-electron chi connectivity index (χ4n) is 2.79. The lowest BCUT2D eigenvalue weighted by molar-refractivity contribution is 0.102. The second-order valence-electron chi connectivity index (χ2n) is 5.89. The van der Waals surface area contributed by atoms with Gasteiger partial charge in [0.25, 0.3) is 5.91 Å². The number of hydrogen-bond acceptors (Lipinski definition) is 4. The van der Waals surface area contributed by atoms with Gasteiger partial charge < -0.3 is 0 Å². The molecular weight excluding hydrogens is 401 g/mol. The van der Waals surface area contributed by atoms with Crippen LogP contribution in [0.4, 0.5) is 5.13 Å². The molecule has 0 unspecified atom stereocenters. The molecule has 1 amide bonds. The Morgan fingerprint density at radius 1 is 1.00 bits per heavy atom. The Hall–Kier alpha value is -2.47. The fourth-order valence-corrected chi connectivity index (χ4v) is 4.02. The highest BCUT2D eigenvalue weighted by atomic mass is 35.5. The van der Waals surface area contributed by atoms with Crippen LogP contribution < -0.4 is 5.32 Å². The lowest BCUT2D eigenvalue weighted by atomic mass is 10.0. The van der Waals surface area contributed by atoms with Crippen molar-refractivity contribution in [2.75, 3.05) is 5.32 Å². The monoisotopic (exact) mass is 413 g/mol. The van der Waals surface area contributed by atoms with Gasteiger partial charge in [0.2, 0.25) is 5.13 Å². The summed E-state index contributed by atoms with van der Waals surface area (Å²) in [5, 5.41) is 15.3. The maximum Gasteiger partial charge on any atom is 0.258 e. The largest absolute Gasteiger partial charge is 0.296 e. The number of nitrogens with one attached hydrogen (secondary N) is 1.